The molecule has 0 bridgehead atoms. The Bertz CT molecular complexity index is 628. The van der Waals surface area contributed by atoms with E-state index in [1.54, 1.807) is 0 Å². The molecule has 0 aromatic carbocycles. The van der Waals surface area contributed by atoms with E-state index in [0.29, 0.717) is 12.8 Å². The molecule has 2 saturated carbocycles. The zero-order chi connectivity index (χ0) is 19.8. The molecule has 0 aromatic heterocycles. The predicted molar refractivity (Wildman–Crippen MR) is 98.1 cm³/mol. The summed E-state index contributed by atoms with van der Waals surface area (Å²) in [7, 11) is 0. The summed E-state index contributed by atoms with van der Waals surface area (Å²) in [5.41, 5.74) is 4.19. The maximum absolute atomic E-state index is 12.5. The van der Waals surface area contributed by atoms with Crippen LogP contribution in [0.25, 0.3) is 0 Å². The Kier molecular flexibility index (Phi) is 7.24. The van der Waals surface area contributed by atoms with Crippen LogP contribution in [0.5, 0.6) is 0 Å². The summed E-state index contributed by atoms with van der Waals surface area (Å²) in [5, 5.41) is 23.8. The van der Waals surface area contributed by atoms with Gasteiger partial charge in [0.1, 0.15) is 11.6 Å². The van der Waals surface area contributed by atoms with Crippen molar-refractivity contribution in [1.29, 1.82) is 0 Å². The predicted octanol–water partition coefficient (Wildman–Crippen LogP) is -0.0335. The number of carboxylic acids is 2. The highest BCUT2D eigenvalue weighted by Gasteiger charge is 2.72. The van der Waals surface area contributed by atoms with Crippen LogP contribution in [0.2, 0.25) is 0 Å². The van der Waals surface area contributed by atoms with Crippen LogP contribution in [0.1, 0.15) is 40.0 Å². The number of carbonyl (C=O) groups excluding carboxylic acids is 2. The number of nitrogens with one attached hydrogen (secondary N) is 2. The standard InChI is InChI=1S/C17H27N3O6.ClH/c1-7(2)6-10(18)14(22)19-8(3)13(21)20-17(16(25)26)5-4-9-11(12(9)17)15(23)24;/h7-12H,4-6,18H2,1-3H3,(H,19,22)(H,20,21)(H,23,24)(H,25,26);1H/t8-,9-,10-,11-,12-,17-;/m0./s1. The minimum Gasteiger partial charge on any atom is -0.481 e. The summed E-state index contributed by atoms with van der Waals surface area (Å²) in [6.07, 6.45) is 1.08. The Morgan fingerprint density at radius 2 is 1.74 bits per heavy atom. The average molecular weight is 406 g/mol. The molecule has 6 atom stereocenters. The van der Waals surface area contributed by atoms with Crippen LogP contribution in [-0.4, -0.2) is 51.6 Å². The Hall–Kier alpha value is -1.87. The Labute approximate surface area is 163 Å². The molecule has 0 radical (unpaired) electrons. The Balaban J connectivity index is 0.00000364. The van der Waals surface area contributed by atoms with Gasteiger partial charge in [0, 0.05) is 5.92 Å². The maximum Gasteiger partial charge on any atom is 0.329 e. The summed E-state index contributed by atoms with van der Waals surface area (Å²) in [6.45, 7) is 5.29. The second kappa shape index (κ2) is 8.43. The SMILES string of the molecule is CC(C)C[C@H](N)C(=O)N[C@@H](C)C(=O)N[C@@]1(C(=O)O)CC[C@H]2[C@H](C(=O)O)[C@H]21.Cl. The Morgan fingerprint density at radius 1 is 1.15 bits per heavy atom. The van der Waals surface area contributed by atoms with Gasteiger partial charge in [-0.3, -0.25) is 14.4 Å². The third-order valence-electron chi connectivity index (χ3n) is 5.44. The van der Waals surface area contributed by atoms with Crippen LogP contribution in [0.15, 0.2) is 0 Å². The van der Waals surface area contributed by atoms with E-state index in [9.17, 15) is 29.4 Å². The van der Waals surface area contributed by atoms with Crippen LogP contribution < -0.4 is 16.4 Å². The third-order valence-corrected chi connectivity index (χ3v) is 5.44. The fraction of sp³-hybridized carbons (Fsp3) is 0.765. The molecule has 6 N–H and O–H groups in total. The molecule has 0 unspecified atom stereocenters. The second-order valence-corrected chi connectivity index (χ2v) is 7.82. The zero-order valence-electron chi connectivity index (χ0n) is 15.6. The number of halogens is 1. The van der Waals surface area contributed by atoms with Gasteiger partial charge >= 0.3 is 11.9 Å². The maximum atomic E-state index is 12.5. The van der Waals surface area contributed by atoms with Crippen molar-refractivity contribution in [3.8, 4) is 0 Å². The molecular formula is C17H28ClN3O6. The number of rotatable bonds is 8. The van der Waals surface area contributed by atoms with Crippen molar-refractivity contribution in [2.24, 2.45) is 29.4 Å². The van der Waals surface area contributed by atoms with Crippen LogP contribution in [0.3, 0.4) is 0 Å². The smallest absolute Gasteiger partial charge is 0.329 e. The molecule has 2 amide bonds. The van der Waals surface area contributed by atoms with Crippen LogP contribution >= 0.6 is 12.4 Å². The largest absolute Gasteiger partial charge is 0.481 e. The van der Waals surface area contributed by atoms with Crippen LogP contribution in [0.4, 0.5) is 0 Å². The number of carbonyl (C=O) groups is 4. The van der Waals surface area contributed by atoms with Crippen molar-refractivity contribution in [1.82, 2.24) is 10.6 Å². The average Bonchev–Trinajstić information content (AvgIpc) is 3.15. The van der Waals surface area contributed by atoms with Crippen molar-refractivity contribution < 1.29 is 29.4 Å². The lowest BCUT2D eigenvalue weighted by atomic mass is 9.90. The lowest BCUT2D eigenvalue weighted by Crippen LogP contribution is -2.60. The molecule has 0 spiro atoms. The number of hydrogen-bond acceptors (Lipinski definition) is 5. The van der Waals surface area contributed by atoms with Crippen molar-refractivity contribution in [2.75, 3.05) is 0 Å². The highest BCUT2D eigenvalue weighted by molar-refractivity contribution is 5.94. The fourth-order valence-corrected chi connectivity index (χ4v) is 4.08. The molecular weight excluding hydrogens is 378 g/mol. The molecule has 2 aliphatic rings. The highest BCUT2D eigenvalue weighted by Crippen LogP contribution is 2.62. The van der Waals surface area contributed by atoms with Crippen LogP contribution in [0, 0.1) is 23.7 Å². The number of aliphatic carboxylic acids is 2. The zero-order valence-corrected chi connectivity index (χ0v) is 16.4. The number of carboxylic acid groups (broad SMARTS) is 2. The van der Waals surface area contributed by atoms with Gasteiger partial charge in [0.15, 0.2) is 0 Å². The van der Waals surface area contributed by atoms with Gasteiger partial charge in [0.25, 0.3) is 0 Å². The third kappa shape index (κ3) is 4.52. The summed E-state index contributed by atoms with van der Waals surface area (Å²) in [6, 6.07) is -1.73. The summed E-state index contributed by atoms with van der Waals surface area (Å²) < 4.78 is 0. The molecule has 2 fully saturated rings. The van der Waals surface area contributed by atoms with Gasteiger partial charge in [-0.1, -0.05) is 13.8 Å². The first-order valence-corrected chi connectivity index (χ1v) is 8.85. The number of amides is 2. The molecule has 0 heterocycles. The van der Waals surface area contributed by atoms with Gasteiger partial charge in [-0.25, -0.2) is 4.79 Å². The molecule has 2 aliphatic carbocycles. The van der Waals surface area contributed by atoms with E-state index in [1.165, 1.54) is 6.92 Å². The molecule has 0 saturated heterocycles. The lowest BCUT2D eigenvalue weighted by molar-refractivity contribution is -0.150. The van der Waals surface area contributed by atoms with Gasteiger partial charge in [-0.2, -0.15) is 0 Å². The molecule has 0 aliphatic heterocycles. The number of fused-ring (bicyclic) bond motifs is 1. The topological polar surface area (TPSA) is 159 Å². The summed E-state index contributed by atoms with van der Waals surface area (Å²) >= 11 is 0. The molecule has 0 aromatic rings. The first-order chi connectivity index (χ1) is 12.0. The van der Waals surface area contributed by atoms with Crippen molar-refractivity contribution in [2.45, 2.75) is 57.7 Å². The molecule has 10 heteroatoms. The van der Waals surface area contributed by atoms with E-state index in [0.717, 1.165) is 0 Å². The van der Waals surface area contributed by atoms with E-state index >= 15 is 0 Å². The molecule has 154 valence electrons. The highest BCUT2D eigenvalue weighted by atomic mass is 35.5. The van der Waals surface area contributed by atoms with E-state index < -0.39 is 53.2 Å². The van der Waals surface area contributed by atoms with Crippen molar-refractivity contribution >= 4 is 36.2 Å². The van der Waals surface area contributed by atoms with Gasteiger partial charge in [-0.05, 0) is 38.0 Å². The Morgan fingerprint density at radius 3 is 2.19 bits per heavy atom. The minimum absolute atomic E-state index is 0. The number of hydrogen-bond donors (Lipinski definition) is 5. The lowest BCUT2D eigenvalue weighted by Gasteiger charge is -2.30. The monoisotopic (exact) mass is 405 g/mol. The van der Waals surface area contributed by atoms with Gasteiger partial charge in [0.05, 0.1) is 12.0 Å². The second-order valence-electron chi connectivity index (χ2n) is 7.82. The first-order valence-electron chi connectivity index (χ1n) is 8.85. The van der Waals surface area contributed by atoms with Crippen molar-refractivity contribution in [3.63, 3.8) is 0 Å². The normalized spacial score (nSPS) is 30.5. The van der Waals surface area contributed by atoms with E-state index in [2.05, 4.69) is 10.6 Å². The fourth-order valence-electron chi connectivity index (χ4n) is 4.08. The summed E-state index contributed by atoms with van der Waals surface area (Å²) in [5.74, 6) is -4.80. The van der Waals surface area contributed by atoms with Gasteiger partial charge in [-0.15, -0.1) is 12.4 Å². The summed E-state index contributed by atoms with van der Waals surface area (Å²) in [4.78, 5) is 47.6. The minimum atomic E-state index is -1.59. The molecule has 27 heavy (non-hydrogen) atoms. The first kappa shape index (κ1) is 23.2. The molecule has 9 nitrogen and oxygen atoms in total. The molecule has 2 rings (SSSR count). The van der Waals surface area contributed by atoms with Gasteiger partial charge < -0.3 is 26.6 Å². The quantitative estimate of drug-likeness (QED) is 0.379. The van der Waals surface area contributed by atoms with Crippen molar-refractivity contribution in [3.05, 3.63) is 0 Å². The van der Waals surface area contributed by atoms with E-state index in [-0.39, 0.29) is 30.7 Å². The van der Waals surface area contributed by atoms with E-state index in [1.807, 2.05) is 13.8 Å². The van der Waals surface area contributed by atoms with Crippen LogP contribution in [-0.2, 0) is 19.2 Å². The number of nitrogens with two attached hydrogens (primary N) is 1. The van der Waals surface area contributed by atoms with E-state index in [4.69, 9.17) is 5.73 Å². The van der Waals surface area contributed by atoms with Gasteiger partial charge in [0.2, 0.25) is 11.8 Å².